The number of aliphatic carboxylic acids is 1. The summed E-state index contributed by atoms with van der Waals surface area (Å²) < 4.78 is 15.7. The van der Waals surface area contributed by atoms with Crippen molar-refractivity contribution in [2.45, 2.75) is 20.1 Å². The molecule has 8 heteroatoms. The van der Waals surface area contributed by atoms with Crippen molar-refractivity contribution >= 4 is 23.3 Å². The number of aromatic nitrogens is 2. The average Bonchev–Trinajstić information content (AvgIpc) is 2.97. The van der Waals surface area contributed by atoms with Crippen molar-refractivity contribution in [3.63, 3.8) is 0 Å². The van der Waals surface area contributed by atoms with Gasteiger partial charge in [-0.1, -0.05) is 29.8 Å². The highest BCUT2D eigenvalue weighted by Gasteiger charge is 2.26. The fraction of sp³-hybridized carbons (Fsp3) is 0.150. The van der Waals surface area contributed by atoms with Crippen molar-refractivity contribution in [1.82, 2.24) is 9.55 Å². The van der Waals surface area contributed by atoms with Crippen molar-refractivity contribution in [2.75, 3.05) is 0 Å². The van der Waals surface area contributed by atoms with Crippen LogP contribution in [0.15, 0.2) is 53.7 Å². The van der Waals surface area contributed by atoms with Crippen LogP contribution < -0.4 is 0 Å². The molecular weight excluding hydrogens is 385 g/mol. The van der Waals surface area contributed by atoms with Crippen LogP contribution in [-0.4, -0.2) is 31.4 Å². The van der Waals surface area contributed by atoms with Gasteiger partial charge in [0.15, 0.2) is 5.82 Å². The van der Waals surface area contributed by atoms with E-state index in [1.165, 1.54) is 12.1 Å². The molecule has 1 unspecified atom stereocenters. The minimum Gasteiger partial charge on any atom is -0.481 e. The molecule has 0 saturated carbocycles. The Morgan fingerprint density at radius 2 is 1.89 bits per heavy atom. The molecule has 2 heterocycles. The molecule has 6 nitrogen and oxygen atoms in total. The van der Waals surface area contributed by atoms with Crippen LogP contribution in [0, 0.1) is 12.7 Å². The lowest BCUT2D eigenvalue weighted by Gasteiger charge is -2.12. The van der Waals surface area contributed by atoms with Gasteiger partial charge < -0.3 is 10.2 Å². The molecule has 144 valence electrons. The van der Waals surface area contributed by atoms with Gasteiger partial charge in [-0.15, -0.1) is 0 Å². The van der Waals surface area contributed by atoms with Gasteiger partial charge in [0.1, 0.15) is 5.82 Å². The molecule has 3 aromatic rings. The monoisotopic (exact) mass is 401 g/mol. The fourth-order valence-corrected chi connectivity index (χ4v) is 3.14. The molecule has 2 aromatic carbocycles. The van der Waals surface area contributed by atoms with E-state index in [4.69, 9.17) is 21.5 Å². The topological polar surface area (TPSA) is 87.7 Å². The van der Waals surface area contributed by atoms with Crippen molar-refractivity contribution < 1.29 is 19.4 Å². The molecule has 0 bridgehead atoms. The van der Waals surface area contributed by atoms with Gasteiger partial charge in [-0.3, -0.25) is 9.36 Å². The number of imidazole rings is 1. The van der Waals surface area contributed by atoms with Gasteiger partial charge in [0, 0.05) is 29.3 Å². The van der Waals surface area contributed by atoms with Gasteiger partial charge in [0.05, 0.1) is 17.1 Å². The number of carboxylic acid groups (broad SMARTS) is 1. The van der Waals surface area contributed by atoms with E-state index in [2.05, 4.69) is 9.98 Å². The highest BCUT2D eigenvalue weighted by molar-refractivity contribution is 6.35. The zero-order valence-corrected chi connectivity index (χ0v) is 15.9. The molecule has 2 N–H and O–H groups in total. The summed E-state index contributed by atoms with van der Waals surface area (Å²) in [6.07, 6.45) is 0.626. The van der Waals surface area contributed by atoms with Crippen LogP contribution in [0.5, 0.6) is 0 Å². The SMILES string of the molecule is CC(=O)O.Cc1cn2c(n1)C(O)N=C(c1ccccc1Cl)c1cc(F)ccc1-2. The van der Waals surface area contributed by atoms with Gasteiger partial charge in [-0.2, -0.15) is 0 Å². The van der Waals surface area contributed by atoms with E-state index < -0.39 is 12.2 Å². The van der Waals surface area contributed by atoms with Gasteiger partial charge in [0.25, 0.3) is 5.97 Å². The normalized spacial score (nSPS) is 14.8. The molecule has 4 rings (SSSR count). The number of rotatable bonds is 1. The van der Waals surface area contributed by atoms with Crippen LogP contribution >= 0.6 is 11.6 Å². The van der Waals surface area contributed by atoms with E-state index in [0.717, 1.165) is 12.6 Å². The first-order valence-corrected chi connectivity index (χ1v) is 8.72. The molecule has 1 atom stereocenters. The molecule has 1 aliphatic rings. The second kappa shape index (κ2) is 7.92. The van der Waals surface area contributed by atoms with Crippen molar-refractivity contribution in [1.29, 1.82) is 0 Å². The van der Waals surface area contributed by atoms with E-state index in [9.17, 15) is 9.50 Å². The summed E-state index contributed by atoms with van der Waals surface area (Å²) in [4.78, 5) is 17.7. The van der Waals surface area contributed by atoms with E-state index in [-0.39, 0.29) is 5.82 Å². The lowest BCUT2D eigenvalue weighted by atomic mass is 10.00. The number of halogens is 2. The smallest absolute Gasteiger partial charge is 0.300 e. The number of aliphatic imine (C=N–C) groups is 1. The second-order valence-corrected chi connectivity index (χ2v) is 6.53. The summed E-state index contributed by atoms with van der Waals surface area (Å²) in [5, 5.41) is 18.4. The molecule has 0 radical (unpaired) electrons. The molecular formula is C20H17ClFN3O3. The fourth-order valence-electron chi connectivity index (χ4n) is 2.92. The Bertz CT molecular complexity index is 1070. The predicted octanol–water partition coefficient (Wildman–Crippen LogP) is 3.91. The Balaban J connectivity index is 0.000000516. The van der Waals surface area contributed by atoms with E-state index >= 15 is 0 Å². The maximum atomic E-state index is 13.9. The molecule has 0 fully saturated rings. The third kappa shape index (κ3) is 3.95. The summed E-state index contributed by atoms with van der Waals surface area (Å²) in [6.45, 7) is 2.91. The first-order valence-electron chi connectivity index (χ1n) is 8.34. The Kier molecular flexibility index (Phi) is 5.58. The van der Waals surface area contributed by atoms with Crippen LogP contribution in [0.1, 0.15) is 35.8 Å². The minimum absolute atomic E-state index is 0.386. The Labute approximate surface area is 165 Å². The summed E-state index contributed by atoms with van der Waals surface area (Å²) >= 11 is 6.30. The number of carboxylic acids is 1. The maximum absolute atomic E-state index is 13.9. The Hall–Kier alpha value is -3.03. The van der Waals surface area contributed by atoms with Crippen LogP contribution in [0.3, 0.4) is 0 Å². The number of nitrogens with zero attached hydrogens (tertiary/aromatic N) is 3. The minimum atomic E-state index is -1.17. The van der Waals surface area contributed by atoms with Gasteiger partial charge in [-0.25, -0.2) is 14.4 Å². The Morgan fingerprint density at radius 1 is 1.21 bits per heavy atom. The number of carbonyl (C=O) groups is 1. The van der Waals surface area contributed by atoms with Crippen molar-refractivity contribution in [3.8, 4) is 5.69 Å². The molecule has 0 aliphatic carbocycles. The lowest BCUT2D eigenvalue weighted by Crippen LogP contribution is -2.08. The maximum Gasteiger partial charge on any atom is 0.300 e. The average molecular weight is 402 g/mol. The van der Waals surface area contributed by atoms with Crippen molar-refractivity contribution in [3.05, 3.63) is 82.1 Å². The number of aliphatic hydroxyl groups excluding tert-OH is 1. The summed E-state index contributed by atoms with van der Waals surface area (Å²) in [7, 11) is 0. The summed E-state index contributed by atoms with van der Waals surface area (Å²) in [5.74, 6) is -0.828. The number of fused-ring (bicyclic) bond motifs is 3. The first-order chi connectivity index (χ1) is 13.3. The van der Waals surface area contributed by atoms with E-state index in [1.54, 1.807) is 35.0 Å². The largest absolute Gasteiger partial charge is 0.481 e. The third-order valence-electron chi connectivity index (χ3n) is 3.94. The molecule has 1 aliphatic heterocycles. The van der Waals surface area contributed by atoms with E-state index in [1.807, 2.05) is 13.0 Å². The zero-order valence-electron chi connectivity index (χ0n) is 15.1. The van der Waals surface area contributed by atoms with Crippen LogP contribution in [0.4, 0.5) is 4.39 Å². The van der Waals surface area contributed by atoms with Crippen molar-refractivity contribution in [2.24, 2.45) is 4.99 Å². The molecule has 0 amide bonds. The quantitative estimate of drug-likeness (QED) is 0.647. The summed E-state index contributed by atoms with van der Waals surface area (Å²) in [6, 6.07) is 11.6. The molecule has 0 saturated heterocycles. The van der Waals surface area contributed by atoms with Gasteiger partial charge >= 0.3 is 0 Å². The number of hydrogen-bond donors (Lipinski definition) is 2. The summed E-state index contributed by atoms with van der Waals surface area (Å²) in [5.41, 5.74) is 3.06. The van der Waals surface area contributed by atoms with Gasteiger partial charge in [-0.05, 0) is 31.2 Å². The van der Waals surface area contributed by atoms with Crippen LogP contribution in [0.2, 0.25) is 5.02 Å². The second-order valence-electron chi connectivity index (χ2n) is 6.12. The number of aryl methyl sites for hydroxylation is 1. The van der Waals surface area contributed by atoms with Gasteiger partial charge in [0.2, 0.25) is 6.23 Å². The highest BCUT2D eigenvalue weighted by atomic mass is 35.5. The van der Waals surface area contributed by atoms with Crippen LogP contribution in [-0.2, 0) is 4.79 Å². The zero-order chi connectivity index (χ0) is 20.4. The number of aliphatic hydroxyl groups is 1. The van der Waals surface area contributed by atoms with E-state index in [0.29, 0.717) is 33.4 Å². The Morgan fingerprint density at radius 3 is 2.57 bits per heavy atom. The number of benzene rings is 2. The predicted molar refractivity (Wildman–Crippen MR) is 104 cm³/mol. The molecule has 1 aromatic heterocycles. The first kappa shape index (κ1) is 19.7. The highest BCUT2D eigenvalue weighted by Crippen LogP contribution is 2.31. The lowest BCUT2D eigenvalue weighted by molar-refractivity contribution is -0.134. The number of hydrogen-bond acceptors (Lipinski definition) is 4. The van der Waals surface area contributed by atoms with Crippen LogP contribution in [0.25, 0.3) is 5.69 Å². The molecule has 0 spiro atoms. The standard InChI is InChI=1S/C18H13ClFN3O.C2H4O2/c1-10-9-23-15-7-6-11(20)8-13(15)16(22-18(24)17(23)21-10)12-4-2-3-5-14(12)19;1-2(3)4/h2-9,18,24H,1H3;1H3,(H,3,4). The third-order valence-corrected chi connectivity index (χ3v) is 4.27. The molecule has 28 heavy (non-hydrogen) atoms.